The maximum Gasteiger partial charge on any atom is 0.253 e. The minimum Gasteiger partial charge on any atom is -0.352 e. The molecule has 1 N–H and O–H groups in total. The molecule has 7 nitrogen and oxygen atoms in total. The van der Waals surface area contributed by atoms with Gasteiger partial charge in [0.15, 0.2) is 0 Å². The maximum atomic E-state index is 12.8. The molecule has 1 fully saturated rings. The smallest absolute Gasteiger partial charge is 0.253 e. The number of hydrogen-bond donors (Lipinski definition) is 1. The second kappa shape index (κ2) is 10.2. The normalized spacial score (nSPS) is 16.8. The Labute approximate surface area is 198 Å². The van der Waals surface area contributed by atoms with Crippen molar-refractivity contribution in [2.45, 2.75) is 24.3 Å². The summed E-state index contributed by atoms with van der Waals surface area (Å²) in [5, 5.41) is 3.58. The Balaban J connectivity index is 1.58. The first kappa shape index (κ1) is 24.5. The average Bonchev–Trinajstić information content (AvgIpc) is 2.79. The molecule has 0 aliphatic carbocycles. The molecule has 0 aromatic heterocycles. The Morgan fingerprint density at radius 2 is 1.78 bits per heavy atom. The van der Waals surface area contributed by atoms with Gasteiger partial charge in [0.05, 0.1) is 20.9 Å². The predicted molar refractivity (Wildman–Crippen MR) is 124 cm³/mol. The van der Waals surface area contributed by atoms with E-state index in [1.165, 1.54) is 32.3 Å². The van der Waals surface area contributed by atoms with E-state index in [0.717, 1.165) is 16.3 Å². The highest BCUT2D eigenvalue weighted by Gasteiger charge is 2.29. The second-order valence-corrected chi connectivity index (χ2v) is 10.8. The number of rotatable bonds is 6. The first-order valence-corrected chi connectivity index (χ1v) is 12.3. The van der Waals surface area contributed by atoms with Gasteiger partial charge in [-0.2, -0.15) is 0 Å². The quantitative estimate of drug-likeness (QED) is 0.662. The Bertz CT molecular complexity index is 1100. The molecule has 1 aliphatic heterocycles. The number of piperidine rings is 1. The third-order valence-electron chi connectivity index (χ3n) is 5.41. The lowest BCUT2D eigenvalue weighted by atomic mass is 9.96. The number of carbonyl (C=O) groups excluding carboxylic acids is 2. The molecule has 3 rings (SSSR count). The number of nitrogens with zero attached hydrogens (tertiary/aromatic N) is 2. The third-order valence-corrected chi connectivity index (χ3v) is 7.98. The van der Waals surface area contributed by atoms with Crippen molar-refractivity contribution in [3.05, 3.63) is 63.6 Å². The van der Waals surface area contributed by atoms with Crippen LogP contribution in [0.25, 0.3) is 0 Å². The van der Waals surface area contributed by atoms with Gasteiger partial charge in [-0.05, 0) is 48.7 Å². The van der Waals surface area contributed by atoms with Gasteiger partial charge in [-0.3, -0.25) is 9.59 Å². The fourth-order valence-corrected chi connectivity index (χ4v) is 4.71. The number of nitrogens with one attached hydrogen (secondary N) is 1. The Morgan fingerprint density at radius 3 is 2.41 bits per heavy atom. The van der Waals surface area contributed by atoms with E-state index in [2.05, 4.69) is 5.32 Å². The number of halogens is 2. The largest absolute Gasteiger partial charge is 0.352 e. The first-order chi connectivity index (χ1) is 15.1. The molecule has 0 bridgehead atoms. The van der Waals surface area contributed by atoms with Crippen LogP contribution >= 0.6 is 23.2 Å². The van der Waals surface area contributed by atoms with Crippen molar-refractivity contribution in [2.75, 3.05) is 27.2 Å². The lowest BCUT2D eigenvalue weighted by Crippen LogP contribution is -2.45. The second-order valence-electron chi connectivity index (χ2n) is 7.87. The molecule has 10 heteroatoms. The monoisotopic (exact) mass is 497 g/mol. The van der Waals surface area contributed by atoms with E-state index >= 15 is 0 Å². The fraction of sp³-hybridized carbons (Fsp3) is 0.364. The Kier molecular flexibility index (Phi) is 7.82. The van der Waals surface area contributed by atoms with E-state index in [1.807, 2.05) is 0 Å². The molecule has 1 atom stereocenters. The molecule has 1 unspecified atom stereocenters. The van der Waals surface area contributed by atoms with Gasteiger partial charge in [-0.15, -0.1) is 0 Å². The number of amides is 2. The number of likely N-dealkylation sites (tertiary alicyclic amines) is 1. The molecule has 1 heterocycles. The van der Waals surface area contributed by atoms with Crippen LogP contribution in [0, 0.1) is 5.92 Å². The van der Waals surface area contributed by atoms with Gasteiger partial charge < -0.3 is 10.2 Å². The van der Waals surface area contributed by atoms with Gasteiger partial charge in [0.1, 0.15) is 0 Å². The number of benzene rings is 2. The topological polar surface area (TPSA) is 86.8 Å². The summed E-state index contributed by atoms with van der Waals surface area (Å²) in [6.45, 7) is 1.17. The molecule has 172 valence electrons. The molecular formula is C22H25Cl2N3O4S. The van der Waals surface area contributed by atoms with Crippen LogP contribution in [0.5, 0.6) is 0 Å². The number of carbonyl (C=O) groups is 2. The summed E-state index contributed by atoms with van der Waals surface area (Å²) in [6.07, 6.45) is 1.42. The van der Waals surface area contributed by atoms with Crippen LogP contribution in [0.2, 0.25) is 10.0 Å². The van der Waals surface area contributed by atoms with Crippen LogP contribution in [0.3, 0.4) is 0 Å². The average molecular weight is 498 g/mol. The van der Waals surface area contributed by atoms with Gasteiger partial charge in [0.2, 0.25) is 15.9 Å². The van der Waals surface area contributed by atoms with Crippen molar-refractivity contribution in [2.24, 2.45) is 5.92 Å². The lowest BCUT2D eigenvalue weighted by Gasteiger charge is -2.32. The van der Waals surface area contributed by atoms with Crippen LogP contribution in [0.1, 0.15) is 28.8 Å². The zero-order chi connectivity index (χ0) is 23.5. The summed E-state index contributed by atoms with van der Waals surface area (Å²) in [5.74, 6) is -0.635. The summed E-state index contributed by atoms with van der Waals surface area (Å²) >= 11 is 11.9. The minimum atomic E-state index is -3.49. The van der Waals surface area contributed by atoms with Crippen LogP contribution in [0.15, 0.2) is 47.4 Å². The summed E-state index contributed by atoms with van der Waals surface area (Å²) < 4.78 is 25.4. The van der Waals surface area contributed by atoms with Gasteiger partial charge in [0, 0.05) is 39.3 Å². The van der Waals surface area contributed by atoms with Crippen molar-refractivity contribution in [1.29, 1.82) is 0 Å². The van der Waals surface area contributed by atoms with Crippen LogP contribution in [-0.4, -0.2) is 56.6 Å². The molecule has 1 aliphatic rings. The van der Waals surface area contributed by atoms with Crippen LogP contribution in [-0.2, 0) is 21.4 Å². The van der Waals surface area contributed by atoms with Gasteiger partial charge in [-0.25, -0.2) is 12.7 Å². The van der Waals surface area contributed by atoms with Gasteiger partial charge in [0.25, 0.3) is 5.91 Å². The van der Waals surface area contributed by atoms with Crippen molar-refractivity contribution in [3.63, 3.8) is 0 Å². The summed E-state index contributed by atoms with van der Waals surface area (Å²) in [5.41, 5.74) is 1.23. The summed E-state index contributed by atoms with van der Waals surface area (Å²) in [4.78, 5) is 27.4. The van der Waals surface area contributed by atoms with E-state index < -0.39 is 10.0 Å². The Morgan fingerprint density at radius 1 is 1.09 bits per heavy atom. The fourth-order valence-electron chi connectivity index (χ4n) is 3.51. The van der Waals surface area contributed by atoms with Crippen LogP contribution < -0.4 is 5.32 Å². The predicted octanol–water partition coefficient (Wildman–Crippen LogP) is 3.41. The van der Waals surface area contributed by atoms with E-state index in [4.69, 9.17) is 23.2 Å². The molecule has 1 saturated heterocycles. The van der Waals surface area contributed by atoms with Crippen molar-refractivity contribution < 1.29 is 18.0 Å². The zero-order valence-corrected chi connectivity index (χ0v) is 20.2. The van der Waals surface area contributed by atoms with Gasteiger partial charge >= 0.3 is 0 Å². The van der Waals surface area contributed by atoms with Crippen LogP contribution in [0.4, 0.5) is 0 Å². The molecule has 0 radical (unpaired) electrons. The highest BCUT2D eigenvalue weighted by atomic mass is 35.5. The molecule has 0 spiro atoms. The van der Waals surface area contributed by atoms with E-state index in [0.29, 0.717) is 35.1 Å². The molecule has 2 aromatic rings. The summed E-state index contributed by atoms with van der Waals surface area (Å²) in [7, 11) is -0.541. The van der Waals surface area contributed by atoms with Gasteiger partial charge in [-0.1, -0.05) is 35.3 Å². The van der Waals surface area contributed by atoms with Crippen molar-refractivity contribution in [3.8, 4) is 0 Å². The molecule has 2 aromatic carbocycles. The number of hydrogen-bond acceptors (Lipinski definition) is 4. The lowest BCUT2D eigenvalue weighted by molar-refractivity contribution is -0.126. The molecular weight excluding hydrogens is 473 g/mol. The molecule has 0 saturated carbocycles. The minimum absolute atomic E-state index is 0.137. The SMILES string of the molecule is CN(C)S(=O)(=O)c1ccc(CNC(=O)C2CCCN(C(=O)c3ccc(Cl)c(Cl)c3)C2)cc1. The standard InChI is InChI=1S/C22H25Cl2N3O4S/c1-26(2)32(30,31)18-8-5-15(6-9-18)13-25-21(28)17-4-3-11-27(14-17)22(29)16-7-10-19(23)20(24)12-16/h5-10,12,17H,3-4,11,13-14H2,1-2H3,(H,25,28). The third kappa shape index (κ3) is 5.61. The van der Waals surface area contributed by atoms with Crippen molar-refractivity contribution in [1.82, 2.24) is 14.5 Å². The van der Waals surface area contributed by atoms with E-state index in [1.54, 1.807) is 29.2 Å². The highest BCUT2D eigenvalue weighted by Crippen LogP contribution is 2.25. The van der Waals surface area contributed by atoms with E-state index in [-0.39, 0.29) is 29.2 Å². The first-order valence-electron chi connectivity index (χ1n) is 10.1. The molecule has 32 heavy (non-hydrogen) atoms. The highest BCUT2D eigenvalue weighted by molar-refractivity contribution is 7.89. The summed E-state index contributed by atoms with van der Waals surface area (Å²) in [6, 6.07) is 11.1. The van der Waals surface area contributed by atoms with Crippen molar-refractivity contribution >= 4 is 45.0 Å². The molecule has 2 amide bonds. The maximum absolute atomic E-state index is 12.8. The number of sulfonamides is 1. The Hall–Kier alpha value is -2.13. The zero-order valence-electron chi connectivity index (χ0n) is 17.8. The van der Waals surface area contributed by atoms with E-state index in [9.17, 15) is 18.0 Å².